The molecule has 124 valence electrons. The molecule has 0 aromatic rings. The maximum absolute atomic E-state index is 5.97. The molecule has 6 heteroatoms. The van der Waals surface area contributed by atoms with E-state index in [1.54, 1.807) is 0 Å². The molecule has 0 radical (unpaired) electrons. The molecule has 1 heterocycles. The van der Waals surface area contributed by atoms with Crippen LogP contribution >= 0.6 is 0 Å². The van der Waals surface area contributed by atoms with Crippen LogP contribution in [0.1, 0.15) is 0 Å². The van der Waals surface area contributed by atoms with E-state index in [0.717, 1.165) is 6.67 Å². The van der Waals surface area contributed by atoms with Crippen molar-refractivity contribution >= 4 is 16.6 Å². The molecule has 0 unspecified atom stereocenters. The van der Waals surface area contributed by atoms with Crippen LogP contribution in [0.4, 0.5) is 0 Å². The van der Waals surface area contributed by atoms with Gasteiger partial charge in [0.2, 0.25) is 0 Å². The smallest absolute Gasteiger partial charge is 0.198 e. The minimum absolute atomic E-state index is 0. The number of terminal acetylenes is 1. The predicted octanol–water partition coefficient (Wildman–Crippen LogP) is 3.40. The third-order valence-electron chi connectivity index (χ3n) is 2.53. The summed E-state index contributed by atoms with van der Waals surface area (Å²) in [4.78, 5) is 4.25. The van der Waals surface area contributed by atoms with Gasteiger partial charge in [0.05, 0.1) is 6.67 Å². The van der Waals surface area contributed by atoms with Crippen molar-refractivity contribution < 1.29 is 25.2 Å². The third-order valence-corrected chi connectivity index (χ3v) is 8.71. The van der Waals surface area contributed by atoms with Gasteiger partial charge < -0.3 is 13.9 Å². The van der Waals surface area contributed by atoms with Crippen LogP contribution in [0, 0.1) is 12.8 Å². The number of rotatable bonds is 4. The van der Waals surface area contributed by atoms with Crippen LogP contribution in [-0.4, -0.2) is 47.2 Å². The molecule has 0 saturated heterocycles. The molecule has 0 spiro atoms. The van der Waals surface area contributed by atoms with Gasteiger partial charge in [-0.25, -0.2) is 0 Å². The number of hydrogen-bond acceptors (Lipinski definition) is 3. The van der Waals surface area contributed by atoms with E-state index in [0.29, 0.717) is 0 Å². The first-order chi connectivity index (χ1) is 9.12. The zero-order chi connectivity index (χ0) is 16.4. The van der Waals surface area contributed by atoms with E-state index in [1.165, 1.54) is 0 Å². The second-order valence-electron chi connectivity index (χ2n) is 5.67. The van der Waals surface area contributed by atoms with Crippen molar-refractivity contribution in [1.29, 1.82) is 0 Å². The Hall–Kier alpha value is -0.538. The molecule has 0 amide bonds. The maximum Gasteiger partial charge on any atom is 0.198 e. The first-order valence-corrected chi connectivity index (χ1v) is 12.5. The maximum atomic E-state index is 5.97. The van der Waals surface area contributed by atoms with E-state index in [4.69, 9.17) is 4.12 Å². The molecule has 0 N–H and O–H groups in total. The molecule has 0 bridgehead atoms. The van der Waals surface area contributed by atoms with Crippen molar-refractivity contribution in [3.63, 3.8) is 0 Å². The minimum atomic E-state index is -1.58. The molecule has 1 aliphatic rings. The average Bonchev–Trinajstić information content (AvgIpc) is 2.75. The molecule has 21 heavy (non-hydrogen) atoms. The largest absolute Gasteiger partial charge is 0.449 e. The first-order valence-electron chi connectivity index (χ1n) is 6.51. The van der Waals surface area contributed by atoms with Crippen LogP contribution in [0.2, 0.25) is 26.2 Å². The summed E-state index contributed by atoms with van der Waals surface area (Å²) in [6, 6.07) is 0. The van der Waals surface area contributed by atoms with E-state index < -0.39 is 16.6 Å². The van der Waals surface area contributed by atoms with Gasteiger partial charge in [-0.15, -0.1) is 26.0 Å². The van der Waals surface area contributed by atoms with Crippen LogP contribution in [-0.2, 0) is 25.2 Å². The van der Waals surface area contributed by atoms with E-state index in [-0.39, 0.29) is 21.1 Å². The summed E-state index contributed by atoms with van der Waals surface area (Å²) < 4.78 is 5.97. The summed E-state index contributed by atoms with van der Waals surface area (Å²) in [6.45, 7) is 17.2. The summed E-state index contributed by atoms with van der Waals surface area (Å²) >= 11 is 0. The van der Waals surface area contributed by atoms with Gasteiger partial charge in [0.15, 0.2) is 16.6 Å². The number of hydrogen-bond donors (Lipinski definition) is 0. The molecular formula is C15H30N2OPtSi2. The molecular weight excluding hydrogens is 475 g/mol. The van der Waals surface area contributed by atoms with Crippen molar-refractivity contribution in [2.24, 2.45) is 0 Å². The molecule has 0 aromatic carbocycles. The Morgan fingerprint density at radius 1 is 0.952 bits per heavy atom. The van der Waals surface area contributed by atoms with E-state index >= 15 is 0 Å². The minimum Gasteiger partial charge on any atom is -0.449 e. The van der Waals surface area contributed by atoms with Crippen molar-refractivity contribution in [3.8, 4) is 12.8 Å². The fourth-order valence-corrected chi connectivity index (χ4v) is 7.53. The van der Waals surface area contributed by atoms with Crippen molar-refractivity contribution in [1.82, 2.24) is 9.80 Å². The van der Waals surface area contributed by atoms with Gasteiger partial charge >= 0.3 is 0 Å². The van der Waals surface area contributed by atoms with Crippen molar-refractivity contribution in [3.05, 3.63) is 37.0 Å². The summed E-state index contributed by atoms with van der Waals surface area (Å²) in [6.07, 6.45) is 12.1. The zero-order valence-corrected chi connectivity index (χ0v) is 18.5. The van der Waals surface area contributed by atoms with Gasteiger partial charge in [-0.2, -0.15) is 0 Å². The molecule has 0 aliphatic carbocycles. The van der Waals surface area contributed by atoms with Crippen LogP contribution < -0.4 is 0 Å². The van der Waals surface area contributed by atoms with Crippen molar-refractivity contribution in [2.75, 3.05) is 20.8 Å². The Morgan fingerprint density at radius 3 is 1.38 bits per heavy atom. The van der Waals surface area contributed by atoms with Crippen LogP contribution in [0.5, 0.6) is 0 Å². The fourth-order valence-electron chi connectivity index (χ4n) is 1.44. The average molecular weight is 506 g/mol. The van der Waals surface area contributed by atoms with Gasteiger partial charge in [-0.3, -0.25) is 0 Å². The predicted molar refractivity (Wildman–Crippen MR) is 95.9 cm³/mol. The standard InChI is InChI=1S/C8H18OSi2.C5H10N2.C2H2.Pt/c1-7-10(3,4)9-11(5,6)8-2;1-6-3-4-7(2)5-6;1-2;/h7-8H,1-2H2,3-6H3;3-4H,5H2,1-2H3;1-2H;. The first kappa shape index (κ1) is 25.4. The third kappa shape index (κ3) is 14.2. The molecule has 0 saturated carbocycles. The summed E-state index contributed by atoms with van der Waals surface area (Å²) in [7, 11) is 0.953. The van der Waals surface area contributed by atoms with Gasteiger partial charge in [0.1, 0.15) is 0 Å². The van der Waals surface area contributed by atoms with Crippen LogP contribution in [0.15, 0.2) is 37.0 Å². The van der Waals surface area contributed by atoms with Crippen LogP contribution in [0.3, 0.4) is 0 Å². The molecule has 0 fully saturated rings. The van der Waals surface area contributed by atoms with Crippen molar-refractivity contribution in [2.45, 2.75) is 26.2 Å². The summed E-state index contributed by atoms with van der Waals surface area (Å²) in [5, 5.41) is 0. The van der Waals surface area contributed by atoms with E-state index in [1.807, 2.05) is 11.4 Å². The topological polar surface area (TPSA) is 15.7 Å². The number of nitrogens with zero attached hydrogens (tertiary/aromatic N) is 2. The molecule has 1 rings (SSSR count). The monoisotopic (exact) mass is 505 g/mol. The van der Waals surface area contributed by atoms with E-state index in [9.17, 15) is 0 Å². The van der Waals surface area contributed by atoms with Gasteiger partial charge in [-0.05, 0) is 26.2 Å². The van der Waals surface area contributed by atoms with Gasteiger partial charge in [0, 0.05) is 47.6 Å². The zero-order valence-electron chi connectivity index (χ0n) is 14.2. The Labute approximate surface area is 148 Å². The SMILES string of the molecule is C#C.C=C[Si](C)(C)O[Si](C)(C)C=C.CN1C=CN(C)C1.[Pt]. The van der Waals surface area contributed by atoms with Crippen LogP contribution in [0.25, 0.3) is 0 Å². The summed E-state index contributed by atoms with van der Waals surface area (Å²) in [5.41, 5.74) is 3.93. The van der Waals surface area contributed by atoms with E-state index in [2.05, 4.69) is 88.5 Å². The quantitative estimate of drug-likeness (QED) is 0.430. The second-order valence-corrected chi connectivity index (χ2v) is 13.7. The second kappa shape index (κ2) is 12.1. The Morgan fingerprint density at radius 2 is 1.24 bits per heavy atom. The summed E-state index contributed by atoms with van der Waals surface area (Å²) in [5.74, 6) is 0. The molecule has 1 aliphatic heterocycles. The van der Waals surface area contributed by atoms with Gasteiger partial charge in [0.25, 0.3) is 0 Å². The molecule has 0 atom stereocenters. The Bertz CT molecular complexity index is 327. The fraction of sp³-hybridized carbons (Fsp3) is 0.467. The molecule has 0 aromatic heterocycles. The normalized spacial score (nSPS) is 13.1. The Kier molecular flexibility index (Phi) is 14.6. The van der Waals surface area contributed by atoms with Gasteiger partial charge in [-0.1, -0.05) is 11.4 Å². The Balaban J connectivity index is -0.000000279. The molecule has 3 nitrogen and oxygen atoms in total.